The molecule has 12 nitrogen and oxygen atoms in total. The highest BCUT2D eigenvalue weighted by Gasteiger charge is 2.44. The molecule has 2 saturated carbocycles. The van der Waals surface area contributed by atoms with Crippen molar-refractivity contribution in [2.24, 2.45) is 11.3 Å². The molecule has 0 bridgehead atoms. The zero-order chi connectivity index (χ0) is 32.7. The third kappa shape index (κ3) is 9.77. The number of sulfone groups is 1. The molecule has 1 saturated heterocycles. The highest BCUT2D eigenvalue weighted by atomic mass is 32.2. The van der Waals surface area contributed by atoms with Crippen LogP contribution in [0.15, 0.2) is 12.7 Å². The summed E-state index contributed by atoms with van der Waals surface area (Å²) >= 11 is 0. The molecule has 1 heterocycles. The number of Topliss-reactive ketones (excluding diaryl/α,β-unsaturated/α-hetero) is 1. The average Bonchev–Trinajstić information content (AvgIpc) is 3.63. The summed E-state index contributed by atoms with van der Waals surface area (Å²) in [6.45, 7) is 11.0. The summed E-state index contributed by atoms with van der Waals surface area (Å²) in [7, 11) is -3.37. The first-order valence-electron chi connectivity index (χ1n) is 15.9. The topological polar surface area (TPSA) is 171 Å². The Hall–Kier alpha value is -2.96. The number of carbonyl (C=O) groups is 5. The Labute approximate surface area is 261 Å². The van der Waals surface area contributed by atoms with Gasteiger partial charge < -0.3 is 26.2 Å². The lowest BCUT2D eigenvalue weighted by molar-refractivity contribution is -0.143. The van der Waals surface area contributed by atoms with Crippen molar-refractivity contribution in [2.45, 2.75) is 116 Å². The second-order valence-electron chi connectivity index (χ2n) is 13.7. The van der Waals surface area contributed by atoms with Crippen molar-refractivity contribution in [1.82, 2.24) is 26.2 Å². The minimum Gasteiger partial charge on any atom is -0.346 e. The second-order valence-corrected chi connectivity index (χ2v) is 16.1. The molecule has 2 aliphatic carbocycles. The van der Waals surface area contributed by atoms with Crippen LogP contribution in [0.5, 0.6) is 0 Å². The van der Waals surface area contributed by atoms with Gasteiger partial charge in [0.05, 0.1) is 17.3 Å². The van der Waals surface area contributed by atoms with Crippen LogP contribution in [0, 0.1) is 11.3 Å². The monoisotopic (exact) mass is 637 g/mol. The average molecular weight is 638 g/mol. The predicted octanol–water partition coefficient (Wildman–Crippen LogP) is 1.99. The third-order valence-electron chi connectivity index (χ3n) is 8.88. The van der Waals surface area contributed by atoms with E-state index in [1.54, 1.807) is 6.92 Å². The predicted molar refractivity (Wildman–Crippen MR) is 167 cm³/mol. The van der Waals surface area contributed by atoms with Crippen molar-refractivity contribution < 1.29 is 32.4 Å². The van der Waals surface area contributed by atoms with Crippen LogP contribution in [0.3, 0.4) is 0 Å². The van der Waals surface area contributed by atoms with E-state index in [0.29, 0.717) is 38.6 Å². The fourth-order valence-corrected chi connectivity index (χ4v) is 7.59. The molecule has 0 aromatic rings. The lowest BCUT2D eigenvalue weighted by Crippen LogP contribution is -2.63. The molecule has 1 aliphatic heterocycles. The SMILES string of the molecule is C=CCNC(=O)C(=O)C(CC1CC1)NC(=O)C1CCCN1C(=O)[C@@H](NC(=O)NC1(CS(=O)(=O)CC)CCCCC1)C(C)(C)C. The van der Waals surface area contributed by atoms with Crippen molar-refractivity contribution in [3.63, 3.8) is 0 Å². The highest BCUT2D eigenvalue weighted by molar-refractivity contribution is 7.91. The maximum absolute atomic E-state index is 14.0. The van der Waals surface area contributed by atoms with Gasteiger partial charge in [0.1, 0.15) is 12.1 Å². The van der Waals surface area contributed by atoms with E-state index < -0.39 is 68.5 Å². The number of nitrogens with zero attached hydrogens (tertiary/aromatic N) is 1. The zero-order valence-corrected chi connectivity index (χ0v) is 27.5. The van der Waals surface area contributed by atoms with Crippen molar-refractivity contribution in [2.75, 3.05) is 24.6 Å². The van der Waals surface area contributed by atoms with Gasteiger partial charge in [-0.05, 0) is 43.4 Å². The standard InChI is InChI=1S/C31H51N5O7S/c1-6-17-32-27(39)24(37)22(19-21-13-14-21)33-26(38)23-12-11-18-36(23)28(40)25(30(3,4)5)34-29(41)35-31(15-9-8-10-16-31)20-44(42,43)7-2/h6,21-23,25H,1,7-20H2,2-5H3,(H,32,39)(H,33,38)(H2,34,35,41)/t22?,23?,25-/m1/s1. The van der Waals surface area contributed by atoms with Gasteiger partial charge in [0, 0.05) is 18.8 Å². The molecule has 5 amide bonds. The number of carbonyl (C=O) groups excluding carboxylic acids is 5. The molecule has 4 N–H and O–H groups in total. The van der Waals surface area contributed by atoms with Gasteiger partial charge in [-0.1, -0.05) is 65.9 Å². The van der Waals surface area contributed by atoms with Crippen molar-refractivity contribution in [3.8, 4) is 0 Å². The Morgan fingerprint density at radius 1 is 1.00 bits per heavy atom. The van der Waals surface area contributed by atoms with Gasteiger partial charge in [0.15, 0.2) is 9.84 Å². The number of amides is 5. The molecule has 13 heteroatoms. The quantitative estimate of drug-likeness (QED) is 0.167. The normalized spacial score (nSPS) is 21.5. The van der Waals surface area contributed by atoms with Gasteiger partial charge in [-0.25, -0.2) is 13.2 Å². The number of likely N-dealkylation sites (tertiary alicyclic amines) is 1. The van der Waals surface area contributed by atoms with E-state index in [1.165, 1.54) is 11.0 Å². The van der Waals surface area contributed by atoms with E-state index in [9.17, 15) is 32.4 Å². The molecule has 0 aromatic carbocycles. The molecule has 2 unspecified atom stereocenters. The molecule has 3 atom stereocenters. The summed E-state index contributed by atoms with van der Waals surface area (Å²) in [4.78, 5) is 67.6. The summed E-state index contributed by atoms with van der Waals surface area (Å²) < 4.78 is 25.1. The molecule has 44 heavy (non-hydrogen) atoms. The molecule has 0 spiro atoms. The maximum atomic E-state index is 14.0. The van der Waals surface area contributed by atoms with Crippen molar-refractivity contribution in [3.05, 3.63) is 12.7 Å². The highest BCUT2D eigenvalue weighted by Crippen LogP contribution is 2.34. The fourth-order valence-electron chi connectivity index (χ4n) is 6.18. The molecular formula is C31H51N5O7S. The molecule has 248 valence electrons. The second kappa shape index (κ2) is 14.9. The number of rotatable bonds is 14. The summed E-state index contributed by atoms with van der Waals surface area (Å²) in [5, 5.41) is 11.0. The first-order valence-corrected chi connectivity index (χ1v) is 17.8. The van der Waals surface area contributed by atoms with Gasteiger partial charge in [-0.2, -0.15) is 0 Å². The van der Waals surface area contributed by atoms with Gasteiger partial charge >= 0.3 is 6.03 Å². The van der Waals surface area contributed by atoms with Gasteiger partial charge in [0.2, 0.25) is 17.6 Å². The van der Waals surface area contributed by atoms with Gasteiger partial charge in [0.25, 0.3) is 5.91 Å². The Morgan fingerprint density at radius 3 is 2.23 bits per heavy atom. The van der Waals surface area contributed by atoms with Crippen LogP contribution >= 0.6 is 0 Å². The van der Waals surface area contributed by atoms with E-state index in [2.05, 4.69) is 27.8 Å². The number of urea groups is 1. The largest absolute Gasteiger partial charge is 0.346 e. The summed E-state index contributed by atoms with van der Waals surface area (Å²) in [6.07, 6.45) is 8.24. The smallest absolute Gasteiger partial charge is 0.315 e. The molecule has 3 fully saturated rings. The van der Waals surface area contributed by atoms with Crippen LogP contribution in [-0.4, -0.2) is 91.1 Å². The lowest BCUT2D eigenvalue weighted by Gasteiger charge is -2.40. The molecule has 3 rings (SSSR count). The molecule has 0 radical (unpaired) electrons. The lowest BCUT2D eigenvalue weighted by atomic mass is 9.83. The molecule has 0 aromatic heterocycles. The summed E-state index contributed by atoms with van der Waals surface area (Å²) in [6, 6.07) is -3.48. The number of hydrogen-bond donors (Lipinski definition) is 4. The van der Waals surface area contributed by atoms with Crippen LogP contribution in [0.1, 0.15) is 91.9 Å². The Morgan fingerprint density at radius 2 is 1.66 bits per heavy atom. The Bertz CT molecular complexity index is 1200. The van der Waals surface area contributed by atoms with E-state index in [4.69, 9.17) is 0 Å². The minimum absolute atomic E-state index is 0.0217. The Balaban J connectivity index is 1.74. The van der Waals surface area contributed by atoms with Gasteiger partial charge in [-0.15, -0.1) is 6.58 Å². The van der Waals surface area contributed by atoms with E-state index in [1.807, 2.05) is 20.8 Å². The molecular weight excluding hydrogens is 586 g/mol. The van der Waals surface area contributed by atoms with Crippen LogP contribution in [0.4, 0.5) is 4.79 Å². The fraction of sp³-hybridized carbons (Fsp3) is 0.774. The minimum atomic E-state index is -3.37. The van der Waals surface area contributed by atoms with Crippen LogP contribution in [-0.2, 0) is 29.0 Å². The number of ketones is 1. The number of nitrogens with one attached hydrogen (secondary N) is 4. The molecule has 3 aliphatic rings. The van der Waals surface area contributed by atoms with Crippen LogP contribution < -0.4 is 21.3 Å². The van der Waals surface area contributed by atoms with E-state index in [0.717, 1.165) is 32.1 Å². The van der Waals surface area contributed by atoms with Crippen LogP contribution in [0.2, 0.25) is 0 Å². The summed E-state index contributed by atoms with van der Waals surface area (Å²) in [5.74, 6) is -2.38. The van der Waals surface area contributed by atoms with Crippen LogP contribution in [0.25, 0.3) is 0 Å². The van der Waals surface area contributed by atoms with Crippen molar-refractivity contribution in [1.29, 1.82) is 0 Å². The Kier molecular flexibility index (Phi) is 12.0. The van der Waals surface area contributed by atoms with Crippen molar-refractivity contribution >= 4 is 39.4 Å². The maximum Gasteiger partial charge on any atom is 0.315 e. The summed E-state index contributed by atoms with van der Waals surface area (Å²) in [5.41, 5.74) is -1.64. The third-order valence-corrected chi connectivity index (χ3v) is 10.8. The number of hydrogen-bond acceptors (Lipinski definition) is 7. The van der Waals surface area contributed by atoms with E-state index >= 15 is 0 Å². The zero-order valence-electron chi connectivity index (χ0n) is 26.7. The first-order chi connectivity index (χ1) is 20.6. The first kappa shape index (κ1) is 35.5. The van der Waals surface area contributed by atoms with E-state index in [-0.39, 0.29) is 24.0 Å². The van der Waals surface area contributed by atoms with Gasteiger partial charge in [-0.3, -0.25) is 19.2 Å².